The van der Waals surface area contributed by atoms with Gasteiger partial charge in [0.2, 0.25) is 0 Å². The lowest BCUT2D eigenvalue weighted by Crippen LogP contribution is -2.45. The summed E-state index contributed by atoms with van der Waals surface area (Å²) in [6.07, 6.45) is 1.82. The van der Waals surface area contributed by atoms with E-state index < -0.39 is 0 Å². The highest BCUT2D eigenvalue weighted by molar-refractivity contribution is 5.92. The number of anilines is 1. The van der Waals surface area contributed by atoms with E-state index in [1.165, 1.54) is 0 Å². The van der Waals surface area contributed by atoms with Crippen LogP contribution in [0.4, 0.5) is 5.82 Å². The zero-order valence-electron chi connectivity index (χ0n) is 16.8. The molecule has 0 aliphatic carbocycles. The standard InChI is InChI=1S/C20H30N6O/c1-5-26-18(13-17(23-26)15(2)3)20(27)22-14-16-7-6-8-21-19(16)25-11-9-24(4)10-12-25/h6-8,13,15H,5,9-12,14H2,1-4H3,(H,22,27). The van der Waals surface area contributed by atoms with Gasteiger partial charge in [-0.1, -0.05) is 19.9 Å². The minimum Gasteiger partial charge on any atom is -0.354 e. The Morgan fingerprint density at radius 1 is 1.26 bits per heavy atom. The molecule has 0 spiro atoms. The van der Waals surface area contributed by atoms with Gasteiger partial charge in [-0.25, -0.2) is 4.98 Å². The summed E-state index contributed by atoms with van der Waals surface area (Å²) in [5, 5.41) is 7.59. The molecule has 0 bridgehead atoms. The molecule has 7 heteroatoms. The first kappa shape index (κ1) is 19.4. The summed E-state index contributed by atoms with van der Waals surface area (Å²) in [7, 11) is 2.14. The molecule has 0 aromatic carbocycles. The summed E-state index contributed by atoms with van der Waals surface area (Å²) in [6, 6.07) is 5.86. The molecule has 0 radical (unpaired) electrons. The van der Waals surface area contributed by atoms with Crippen LogP contribution in [-0.2, 0) is 13.1 Å². The highest BCUT2D eigenvalue weighted by atomic mass is 16.2. The van der Waals surface area contributed by atoms with Crippen molar-refractivity contribution in [2.24, 2.45) is 0 Å². The van der Waals surface area contributed by atoms with Gasteiger partial charge in [0.05, 0.1) is 5.69 Å². The second-order valence-corrected chi connectivity index (χ2v) is 7.38. The third-order valence-electron chi connectivity index (χ3n) is 5.03. The Labute approximate surface area is 161 Å². The van der Waals surface area contributed by atoms with Gasteiger partial charge in [0.25, 0.3) is 5.91 Å². The van der Waals surface area contributed by atoms with E-state index in [9.17, 15) is 4.79 Å². The summed E-state index contributed by atoms with van der Waals surface area (Å²) in [6.45, 7) is 11.3. The van der Waals surface area contributed by atoms with E-state index in [0.717, 1.165) is 43.3 Å². The largest absolute Gasteiger partial charge is 0.354 e. The maximum Gasteiger partial charge on any atom is 0.269 e. The lowest BCUT2D eigenvalue weighted by molar-refractivity contribution is 0.0940. The molecule has 7 nitrogen and oxygen atoms in total. The van der Waals surface area contributed by atoms with Gasteiger partial charge in [-0.3, -0.25) is 9.48 Å². The normalized spacial score (nSPS) is 15.4. The van der Waals surface area contributed by atoms with Crippen LogP contribution in [-0.4, -0.2) is 58.8 Å². The number of aromatic nitrogens is 3. The van der Waals surface area contributed by atoms with Crippen LogP contribution in [0.25, 0.3) is 0 Å². The Morgan fingerprint density at radius 3 is 2.67 bits per heavy atom. The quantitative estimate of drug-likeness (QED) is 0.844. The molecule has 1 N–H and O–H groups in total. The average molecular weight is 371 g/mol. The van der Waals surface area contributed by atoms with E-state index >= 15 is 0 Å². The van der Waals surface area contributed by atoms with Crippen LogP contribution in [0.2, 0.25) is 0 Å². The first-order valence-electron chi connectivity index (χ1n) is 9.73. The van der Waals surface area contributed by atoms with Gasteiger partial charge in [0, 0.05) is 51.0 Å². The highest BCUT2D eigenvalue weighted by Crippen LogP contribution is 2.19. The molecule has 1 fully saturated rings. The molecule has 1 saturated heterocycles. The predicted octanol–water partition coefficient (Wildman–Crippen LogP) is 2.10. The number of nitrogens with one attached hydrogen (secondary N) is 1. The van der Waals surface area contributed by atoms with Gasteiger partial charge >= 0.3 is 0 Å². The number of pyridine rings is 1. The number of carbonyl (C=O) groups is 1. The number of likely N-dealkylation sites (N-methyl/N-ethyl adjacent to an activating group) is 1. The Hall–Kier alpha value is -2.41. The molecule has 0 atom stereocenters. The second-order valence-electron chi connectivity index (χ2n) is 7.38. The van der Waals surface area contributed by atoms with Gasteiger partial charge in [-0.2, -0.15) is 5.10 Å². The molecular formula is C20H30N6O. The second kappa shape index (κ2) is 8.52. The molecule has 146 valence electrons. The molecule has 3 heterocycles. The van der Waals surface area contributed by atoms with Crippen LogP contribution in [0.5, 0.6) is 0 Å². The van der Waals surface area contributed by atoms with E-state index in [1.54, 1.807) is 4.68 Å². The number of hydrogen-bond donors (Lipinski definition) is 1. The van der Waals surface area contributed by atoms with Gasteiger partial charge in [-0.15, -0.1) is 0 Å². The molecule has 1 aliphatic rings. The molecule has 0 unspecified atom stereocenters. The van der Waals surface area contributed by atoms with Crippen molar-refractivity contribution >= 4 is 11.7 Å². The Kier molecular flexibility index (Phi) is 6.11. The molecule has 1 amide bonds. The maximum atomic E-state index is 12.8. The van der Waals surface area contributed by atoms with Gasteiger partial charge in [-0.05, 0) is 32.0 Å². The zero-order chi connectivity index (χ0) is 19.4. The minimum atomic E-state index is -0.0931. The lowest BCUT2D eigenvalue weighted by Gasteiger charge is -2.34. The van der Waals surface area contributed by atoms with Gasteiger partial charge in [0.1, 0.15) is 11.5 Å². The smallest absolute Gasteiger partial charge is 0.269 e. The summed E-state index contributed by atoms with van der Waals surface area (Å²) in [5.74, 6) is 1.17. The van der Waals surface area contributed by atoms with Crippen molar-refractivity contribution in [1.29, 1.82) is 0 Å². The van der Waals surface area contributed by atoms with Crippen molar-refractivity contribution in [3.8, 4) is 0 Å². The van der Waals surface area contributed by atoms with Crippen LogP contribution < -0.4 is 10.2 Å². The fourth-order valence-corrected chi connectivity index (χ4v) is 3.28. The number of nitrogens with zero attached hydrogens (tertiary/aromatic N) is 5. The molecule has 0 saturated carbocycles. The number of piperazine rings is 1. The highest BCUT2D eigenvalue weighted by Gasteiger charge is 2.20. The van der Waals surface area contributed by atoms with E-state index in [-0.39, 0.29) is 5.91 Å². The number of rotatable bonds is 6. The first-order chi connectivity index (χ1) is 13.0. The van der Waals surface area contributed by atoms with Crippen LogP contribution in [0, 0.1) is 0 Å². The Morgan fingerprint density at radius 2 is 2.00 bits per heavy atom. The summed E-state index contributed by atoms with van der Waals surface area (Å²) in [5.41, 5.74) is 2.61. The Balaban J connectivity index is 1.71. The molecule has 1 aliphatic heterocycles. The van der Waals surface area contributed by atoms with Crippen molar-refractivity contribution < 1.29 is 4.79 Å². The molecule has 2 aromatic rings. The van der Waals surface area contributed by atoms with Gasteiger partial charge < -0.3 is 15.1 Å². The monoisotopic (exact) mass is 370 g/mol. The van der Waals surface area contributed by atoms with E-state index in [1.807, 2.05) is 31.3 Å². The van der Waals surface area contributed by atoms with Crippen LogP contribution in [0.3, 0.4) is 0 Å². The zero-order valence-corrected chi connectivity index (χ0v) is 16.8. The average Bonchev–Trinajstić information content (AvgIpc) is 3.12. The lowest BCUT2D eigenvalue weighted by atomic mass is 10.1. The summed E-state index contributed by atoms with van der Waals surface area (Å²) < 4.78 is 1.77. The van der Waals surface area contributed by atoms with Crippen LogP contribution in [0.1, 0.15) is 48.4 Å². The van der Waals surface area contributed by atoms with Crippen molar-refractivity contribution in [2.45, 2.75) is 39.8 Å². The first-order valence-corrected chi connectivity index (χ1v) is 9.73. The summed E-state index contributed by atoms with van der Waals surface area (Å²) >= 11 is 0. The van der Waals surface area contributed by atoms with Crippen molar-refractivity contribution in [2.75, 3.05) is 38.1 Å². The third-order valence-corrected chi connectivity index (χ3v) is 5.03. The van der Waals surface area contributed by atoms with Crippen molar-refractivity contribution in [3.63, 3.8) is 0 Å². The molecule has 2 aromatic heterocycles. The van der Waals surface area contributed by atoms with Crippen molar-refractivity contribution in [3.05, 3.63) is 41.3 Å². The van der Waals surface area contributed by atoms with Crippen LogP contribution >= 0.6 is 0 Å². The van der Waals surface area contributed by atoms with E-state index in [0.29, 0.717) is 24.7 Å². The number of amides is 1. The van der Waals surface area contributed by atoms with Crippen molar-refractivity contribution in [1.82, 2.24) is 25.0 Å². The minimum absolute atomic E-state index is 0.0931. The topological polar surface area (TPSA) is 66.3 Å². The van der Waals surface area contributed by atoms with E-state index in [4.69, 9.17) is 0 Å². The maximum absolute atomic E-state index is 12.8. The fraction of sp³-hybridized carbons (Fsp3) is 0.550. The molecule has 3 rings (SSSR count). The number of aryl methyl sites for hydroxylation is 1. The van der Waals surface area contributed by atoms with Gasteiger partial charge in [0.15, 0.2) is 0 Å². The molecular weight excluding hydrogens is 340 g/mol. The number of carbonyl (C=O) groups excluding carboxylic acids is 1. The summed E-state index contributed by atoms with van der Waals surface area (Å²) in [4.78, 5) is 21.9. The van der Waals surface area contributed by atoms with E-state index in [2.05, 4.69) is 46.1 Å². The Bertz CT molecular complexity index is 777. The molecule has 27 heavy (non-hydrogen) atoms. The fourth-order valence-electron chi connectivity index (χ4n) is 3.28. The van der Waals surface area contributed by atoms with Crippen LogP contribution in [0.15, 0.2) is 24.4 Å². The number of hydrogen-bond acceptors (Lipinski definition) is 5. The SMILES string of the molecule is CCn1nc(C(C)C)cc1C(=O)NCc1cccnc1N1CCN(C)CC1. The predicted molar refractivity (Wildman–Crippen MR) is 107 cm³/mol. The third kappa shape index (κ3) is 4.47.